The second kappa shape index (κ2) is 10.3. The number of aryl methyl sites for hydroxylation is 1. The fraction of sp³-hybridized carbons (Fsp3) is 0.448. The van der Waals surface area contributed by atoms with Crippen LogP contribution in [0.3, 0.4) is 0 Å². The average Bonchev–Trinajstić information content (AvgIpc) is 3.61. The van der Waals surface area contributed by atoms with Crippen molar-refractivity contribution in [2.75, 3.05) is 26.4 Å². The summed E-state index contributed by atoms with van der Waals surface area (Å²) in [6.07, 6.45) is -4.66. The molecule has 0 unspecified atom stereocenters. The molecule has 0 spiro atoms. The normalized spacial score (nSPS) is 17.3. The van der Waals surface area contributed by atoms with E-state index in [1.165, 1.54) is 0 Å². The summed E-state index contributed by atoms with van der Waals surface area (Å²) in [6, 6.07) is 10.1. The van der Waals surface area contributed by atoms with E-state index in [9.17, 15) is 27.5 Å². The molecule has 0 radical (unpaired) electrons. The van der Waals surface area contributed by atoms with Gasteiger partial charge in [-0.15, -0.1) is 0 Å². The number of fused-ring (bicyclic) bond motifs is 3. The maximum Gasteiger partial charge on any atom is 0.417 e. The number of hydrogen-bond donors (Lipinski definition) is 2. The van der Waals surface area contributed by atoms with Crippen molar-refractivity contribution in [2.24, 2.45) is 18.7 Å². The number of carbonyl (C=O) groups excluding carboxylic acids is 1. The van der Waals surface area contributed by atoms with Gasteiger partial charge in [-0.25, -0.2) is 9.37 Å². The summed E-state index contributed by atoms with van der Waals surface area (Å²) in [5, 5.41) is 10.3. The zero-order valence-electron chi connectivity index (χ0n) is 22.5. The lowest BCUT2D eigenvalue weighted by Crippen LogP contribution is -2.45. The molecule has 0 bridgehead atoms. The van der Waals surface area contributed by atoms with Crippen LogP contribution in [0.15, 0.2) is 36.4 Å². The minimum absolute atomic E-state index is 0.145. The number of aromatic nitrogens is 3. The fourth-order valence-corrected chi connectivity index (χ4v) is 5.55. The SMILES string of the molecule is Cn1c(-c2cc3cccc(OC[C@@H](O)C(F)(F)F)c3n2CC2CC2)nc2cc3c(cc21)CCN(C[C@H](N)CF)C3=O. The standard InChI is InChI=1S/C29H31F4N5O3/c1-36-22-9-17-7-8-37(14-19(34)12-30)28(40)20(17)11-21(22)35-27(36)23-10-18-3-2-4-24(41-15-25(39)29(31,32)33)26(18)38(23)13-16-5-6-16/h2-4,9-11,16,19,25,39H,5-8,12-15,34H2,1H3/t19-,25-/m1/s1. The number of para-hydroxylation sites is 1. The number of benzene rings is 2. The van der Waals surface area contributed by atoms with Gasteiger partial charge < -0.3 is 29.6 Å². The lowest BCUT2D eigenvalue weighted by molar-refractivity contribution is -0.210. The summed E-state index contributed by atoms with van der Waals surface area (Å²) in [7, 11) is 1.89. The van der Waals surface area contributed by atoms with Crippen LogP contribution >= 0.6 is 0 Å². The fourth-order valence-electron chi connectivity index (χ4n) is 5.55. The Hall–Kier alpha value is -3.64. The number of amides is 1. The summed E-state index contributed by atoms with van der Waals surface area (Å²) in [4.78, 5) is 19.7. The maximum absolute atomic E-state index is 13.2. The van der Waals surface area contributed by atoms with Gasteiger partial charge in [-0.05, 0) is 55.0 Å². The molecule has 1 aliphatic carbocycles. The Balaban J connectivity index is 1.41. The molecule has 2 aliphatic rings. The molecule has 1 aliphatic heterocycles. The third-order valence-electron chi connectivity index (χ3n) is 7.95. The zero-order chi connectivity index (χ0) is 29.1. The molecular weight excluding hydrogens is 542 g/mol. The number of ether oxygens (including phenoxy) is 1. The molecular formula is C29H31F4N5O3. The van der Waals surface area contributed by atoms with Crippen LogP contribution in [0, 0.1) is 5.92 Å². The molecule has 0 saturated heterocycles. The highest BCUT2D eigenvalue weighted by molar-refractivity contribution is 6.01. The Morgan fingerprint density at radius 1 is 1.22 bits per heavy atom. The third-order valence-corrected chi connectivity index (χ3v) is 7.95. The summed E-state index contributed by atoms with van der Waals surface area (Å²) >= 11 is 0. The molecule has 12 heteroatoms. The van der Waals surface area contributed by atoms with Gasteiger partial charge >= 0.3 is 6.18 Å². The van der Waals surface area contributed by atoms with E-state index in [0.717, 1.165) is 35.0 Å². The van der Waals surface area contributed by atoms with Crippen LogP contribution in [-0.2, 0) is 20.0 Å². The van der Waals surface area contributed by atoms with E-state index in [4.69, 9.17) is 15.5 Å². The predicted octanol–water partition coefficient (Wildman–Crippen LogP) is 4.20. The first-order chi connectivity index (χ1) is 19.5. The number of rotatable bonds is 9. The number of nitrogens with zero attached hydrogens (tertiary/aromatic N) is 4. The highest BCUT2D eigenvalue weighted by Crippen LogP contribution is 2.39. The molecule has 2 aromatic carbocycles. The number of nitrogens with two attached hydrogens (primary N) is 1. The monoisotopic (exact) mass is 573 g/mol. The molecule has 1 fully saturated rings. The van der Waals surface area contributed by atoms with E-state index in [-0.39, 0.29) is 18.2 Å². The molecule has 218 valence electrons. The van der Waals surface area contributed by atoms with E-state index in [1.807, 2.05) is 34.4 Å². The van der Waals surface area contributed by atoms with E-state index >= 15 is 0 Å². The highest BCUT2D eigenvalue weighted by atomic mass is 19.4. The van der Waals surface area contributed by atoms with Gasteiger partial charge in [0.05, 0.1) is 28.3 Å². The lowest BCUT2D eigenvalue weighted by atomic mass is 9.97. The van der Waals surface area contributed by atoms with Crippen LogP contribution in [0.2, 0.25) is 0 Å². The maximum atomic E-state index is 13.2. The molecule has 8 nitrogen and oxygen atoms in total. The molecule has 41 heavy (non-hydrogen) atoms. The van der Waals surface area contributed by atoms with Crippen molar-refractivity contribution < 1.29 is 32.2 Å². The van der Waals surface area contributed by atoms with Crippen molar-refractivity contribution in [1.29, 1.82) is 0 Å². The van der Waals surface area contributed by atoms with Crippen LogP contribution in [0.1, 0.15) is 28.8 Å². The van der Waals surface area contributed by atoms with Gasteiger partial charge in [0.2, 0.25) is 0 Å². The second-order valence-electron chi connectivity index (χ2n) is 11.1. The molecule has 2 aromatic heterocycles. The number of aliphatic hydroxyl groups is 1. The number of aliphatic hydroxyl groups excluding tert-OH is 1. The number of halogens is 4. The topological polar surface area (TPSA) is 98.5 Å². The zero-order valence-corrected chi connectivity index (χ0v) is 22.5. The van der Waals surface area contributed by atoms with Crippen LogP contribution in [0.5, 0.6) is 5.75 Å². The molecule has 2 atom stereocenters. The van der Waals surface area contributed by atoms with Crippen molar-refractivity contribution in [3.63, 3.8) is 0 Å². The van der Waals surface area contributed by atoms with E-state index in [0.29, 0.717) is 47.8 Å². The lowest BCUT2D eigenvalue weighted by Gasteiger charge is -2.30. The van der Waals surface area contributed by atoms with Gasteiger partial charge in [-0.3, -0.25) is 4.79 Å². The minimum Gasteiger partial charge on any atom is -0.488 e. The summed E-state index contributed by atoms with van der Waals surface area (Å²) in [5.74, 6) is 1.13. The predicted molar refractivity (Wildman–Crippen MR) is 145 cm³/mol. The Morgan fingerprint density at radius 2 is 2.00 bits per heavy atom. The van der Waals surface area contributed by atoms with Crippen molar-refractivity contribution in [2.45, 2.75) is 44.1 Å². The molecule has 3 heterocycles. The number of carbonyl (C=O) groups is 1. The second-order valence-corrected chi connectivity index (χ2v) is 11.1. The van der Waals surface area contributed by atoms with Gasteiger partial charge in [0.25, 0.3) is 5.91 Å². The summed E-state index contributed by atoms with van der Waals surface area (Å²) < 4.78 is 61.3. The van der Waals surface area contributed by atoms with Crippen LogP contribution in [-0.4, -0.2) is 74.7 Å². The molecule has 1 saturated carbocycles. The largest absolute Gasteiger partial charge is 0.488 e. The van der Waals surface area contributed by atoms with Crippen LogP contribution < -0.4 is 10.5 Å². The van der Waals surface area contributed by atoms with Crippen molar-refractivity contribution >= 4 is 27.8 Å². The van der Waals surface area contributed by atoms with Crippen LogP contribution in [0.4, 0.5) is 17.6 Å². The van der Waals surface area contributed by atoms with Gasteiger partial charge in [0.1, 0.15) is 19.0 Å². The first-order valence-electron chi connectivity index (χ1n) is 13.7. The van der Waals surface area contributed by atoms with Gasteiger partial charge in [-0.2, -0.15) is 13.2 Å². The van der Waals surface area contributed by atoms with E-state index < -0.39 is 31.6 Å². The number of hydrogen-bond acceptors (Lipinski definition) is 5. The number of imidazole rings is 1. The Morgan fingerprint density at radius 3 is 2.71 bits per heavy atom. The Bertz CT molecular complexity index is 1620. The van der Waals surface area contributed by atoms with E-state index in [1.54, 1.807) is 23.1 Å². The quantitative estimate of drug-likeness (QED) is 0.293. The number of alkyl halides is 4. The average molecular weight is 574 g/mol. The van der Waals surface area contributed by atoms with Crippen LogP contribution in [0.25, 0.3) is 33.5 Å². The minimum atomic E-state index is -4.78. The van der Waals surface area contributed by atoms with Crippen molar-refractivity contribution in [3.05, 3.63) is 47.5 Å². The summed E-state index contributed by atoms with van der Waals surface area (Å²) in [6.45, 7) is -0.373. The summed E-state index contributed by atoms with van der Waals surface area (Å²) in [5.41, 5.74) is 10.1. The molecule has 6 rings (SSSR count). The Labute approximate surface area is 233 Å². The first kappa shape index (κ1) is 27.5. The smallest absolute Gasteiger partial charge is 0.417 e. The van der Waals surface area contributed by atoms with Crippen molar-refractivity contribution in [3.8, 4) is 17.3 Å². The van der Waals surface area contributed by atoms with Gasteiger partial charge in [-0.1, -0.05) is 12.1 Å². The van der Waals surface area contributed by atoms with E-state index in [2.05, 4.69) is 0 Å². The Kier molecular flexibility index (Phi) is 6.93. The molecule has 1 amide bonds. The first-order valence-corrected chi connectivity index (χ1v) is 13.7. The molecule has 3 N–H and O–H groups in total. The van der Waals surface area contributed by atoms with Gasteiger partial charge in [0, 0.05) is 37.6 Å². The van der Waals surface area contributed by atoms with Gasteiger partial charge in [0.15, 0.2) is 11.9 Å². The third kappa shape index (κ3) is 5.14. The molecule has 4 aromatic rings. The van der Waals surface area contributed by atoms with Crippen molar-refractivity contribution in [1.82, 2.24) is 19.0 Å². The highest BCUT2D eigenvalue weighted by Gasteiger charge is 2.39.